The smallest absolute Gasteiger partial charge is 0.451 e. The molecule has 0 bridgehead atoms. The van der Waals surface area contributed by atoms with E-state index in [4.69, 9.17) is 31.7 Å². The van der Waals surface area contributed by atoms with Crippen LogP contribution in [-0.4, -0.2) is 40.0 Å². The lowest BCUT2D eigenvalue weighted by Gasteiger charge is -2.07. The Labute approximate surface area is 140 Å². The normalized spacial score (nSPS) is 12.8. The second-order valence-electron chi connectivity index (χ2n) is 4.12. The van der Waals surface area contributed by atoms with E-state index in [1.54, 1.807) is 0 Å². The van der Waals surface area contributed by atoms with Crippen LogP contribution in [0.2, 0.25) is 5.02 Å². The molecule has 0 aliphatic carbocycles. The van der Waals surface area contributed by atoms with Gasteiger partial charge in [-0.1, -0.05) is 11.6 Å². The molecular weight excluding hydrogens is 380 g/mol. The Kier molecular flexibility index (Phi) is 6.28. The van der Waals surface area contributed by atoms with E-state index in [0.717, 1.165) is 0 Å². The molecule has 8 nitrogen and oxygen atoms in total. The Morgan fingerprint density at radius 3 is 2.28 bits per heavy atom. The third-order valence-corrected chi connectivity index (χ3v) is 2.60. The SMILES string of the molecule is O=C(O)COc1cc(N=NC(C(=O)O)=C(O)C(F)(F)F)c(F)cc1Cl. The van der Waals surface area contributed by atoms with E-state index in [0.29, 0.717) is 12.1 Å². The molecule has 13 heteroatoms. The predicted molar refractivity (Wildman–Crippen MR) is 72.4 cm³/mol. The van der Waals surface area contributed by atoms with Gasteiger partial charge in [0.25, 0.3) is 0 Å². The first-order chi connectivity index (χ1) is 11.4. The van der Waals surface area contributed by atoms with Gasteiger partial charge >= 0.3 is 18.1 Å². The fraction of sp³-hybridized carbons (Fsp3) is 0.167. The van der Waals surface area contributed by atoms with Gasteiger partial charge in [-0.25, -0.2) is 14.0 Å². The summed E-state index contributed by atoms with van der Waals surface area (Å²) >= 11 is 5.59. The minimum absolute atomic E-state index is 0.371. The van der Waals surface area contributed by atoms with Gasteiger partial charge in [0, 0.05) is 6.07 Å². The third-order valence-electron chi connectivity index (χ3n) is 2.31. The van der Waals surface area contributed by atoms with E-state index in [-0.39, 0.29) is 10.8 Å². The highest BCUT2D eigenvalue weighted by Crippen LogP contribution is 2.33. The Morgan fingerprint density at radius 1 is 1.20 bits per heavy atom. The molecule has 0 heterocycles. The molecule has 1 rings (SSSR count). The molecule has 0 saturated heterocycles. The number of allylic oxidation sites excluding steroid dienone is 1. The number of azo groups is 1. The zero-order valence-electron chi connectivity index (χ0n) is 11.7. The van der Waals surface area contributed by atoms with Crippen LogP contribution < -0.4 is 4.74 Å². The van der Waals surface area contributed by atoms with Crippen molar-refractivity contribution in [2.75, 3.05) is 6.61 Å². The van der Waals surface area contributed by atoms with Crippen LogP contribution in [0.1, 0.15) is 0 Å². The van der Waals surface area contributed by atoms with Crippen molar-refractivity contribution in [3.63, 3.8) is 0 Å². The number of rotatable bonds is 6. The molecule has 0 unspecified atom stereocenters. The van der Waals surface area contributed by atoms with E-state index in [1.807, 2.05) is 0 Å². The van der Waals surface area contributed by atoms with Crippen LogP contribution in [0.5, 0.6) is 5.75 Å². The highest BCUT2D eigenvalue weighted by atomic mass is 35.5. The van der Waals surface area contributed by atoms with Gasteiger partial charge < -0.3 is 20.1 Å². The second-order valence-corrected chi connectivity index (χ2v) is 4.52. The number of aliphatic carboxylic acids is 2. The topological polar surface area (TPSA) is 129 Å². The summed E-state index contributed by atoms with van der Waals surface area (Å²) in [5, 5.41) is 31.2. The van der Waals surface area contributed by atoms with E-state index in [9.17, 15) is 27.2 Å². The first-order valence-corrected chi connectivity index (χ1v) is 6.30. The van der Waals surface area contributed by atoms with Crippen LogP contribution in [-0.2, 0) is 9.59 Å². The van der Waals surface area contributed by atoms with Crippen molar-refractivity contribution < 1.29 is 47.2 Å². The zero-order chi connectivity index (χ0) is 19.4. The van der Waals surface area contributed by atoms with Crippen LogP contribution in [0, 0.1) is 5.82 Å². The average molecular weight is 387 g/mol. The highest BCUT2D eigenvalue weighted by molar-refractivity contribution is 6.32. The molecule has 0 fully saturated rings. The molecule has 136 valence electrons. The molecule has 0 amide bonds. The fourth-order valence-corrected chi connectivity index (χ4v) is 1.48. The average Bonchev–Trinajstić information content (AvgIpc) is 2.46. The summed E-state index contributed by atoms with van der Waals surface area (Å²) in [5.74, 6) is -7.81. The summed E-state index contributed by atoms with van der Waals surface area (Å²) < 4.78 is 55.3. The quantitative estimate of drug-likeness (QED) is 0.297. The number of carboxylic acids is 2. The minimum atomic E-state index is -5.42. The summed E-state index contributed by atoms with van der Waals surface area (Å²) in [7, 11) is 0. The lowest BCUT2D eigenvalue weighted by Crippen LogP contribution is -2.16. The van der Waals surface area contributed by atoms with Crippen molar-refractivity contribution in [2.45, 2.75) is 6.18 Å². The highest BCUT2D eigenvalue weighted by Gasteiger charge is 2.39. The van der Waals surface area contributed by atoms with Gasteiger partial charge in [-0.3, -0.25) is 0 Å². The van der Waals surface area contributed by atoms with Crippen LogP contribution in [0.15, 0.2) is 33.8 Å². The maximum atomic E-state index is 13.7. The van der Waals surface area contributed by atoms with Crippen molar-refractivity contribution in [3.8, 4) is 5.75 Å². The van der Waals surface area contributed by atoms with Crippen molar-refractivity contribution >= 4 is 29.2 Å². The van der Waals surface area contributed by atoms with E-state index >= 15 is 0 Å². The van der Waals surface area contributed by atoms with Crippen molar-refractivity contribution in [3.05, 3.63) is 34.4 Å². The zero-order valence-corrected chi connectivity index (χ0v) is 12.5. The summed E-state index contributed by atoms with van der Waals surface area (Å²) in [5.41, 5.74) is -2.69. The maximum Gasteiger partial charge on any atom is 0.451 e. The van der Waals surface area contributed by atoms with Crippen molar-refractivity contribution in [2.24, 2.45) is 10.2 Å². The van der Waals surface area contributed by atoms with Gasteiger partial charge in [0.2, 0.25) is 11.5 Å². The van der Waals surface area contributed by atoms with E-state index in [1.165, 1.54) is 0 Å². The number of nitrogens with zero attached hydrogens (tertiary/aromatic N) is 2. The first-order valence-electron chi connectivity index (χ1n) is 5.92. The molecule has 3 N–H and O–H groups in total. The monoisotopic (exact) mass is 386 g/mol. The minimum Gasteiger partial charge on any atom is -0.502 e. The Bertz CT molecular complexity index is 763. The van der Waals surface area contributed by atoms with Gasteiger partial charge in [0.1, 0.15) is 11.4 Å². The molecule has 0 aromatic heterocycles. The number of carboxylic acid groups (broad SMARTS) is 2. The molecule has 0 aliphatic heterocycles. The standard InChI is InChI=1S/C12H7ClF4N2O6/c13-4-1-5(14)6(2-7(4)25-3-8(20)21)18-19-9(11(23)24)10(22)12(15,16)17/h1-2,22H,3H2,(H,20,21)(H,23,24). The van der Waals surface area contributed by atoms with E-state index < -0.39 is 47.7 Å². The number of ether oxygens (including phenoxy) is 1. The number of aliphatic hydroxyl groups excluding tert-OH is 1. The maximum absolute atomic E-state index is 13.7. The number of hydrogen-bond acceptors (Lipinski definition) is 6. The molecule has 0 radical (unpaired) electrons. The molecule has 0 saturated carbocycles. The van der Waals surface area contributed by atoms with Crippen LogP contribution >= 0.6 is 11.6 Å². The molecule has 0 aliphatic rings. The van der Waals surface area contributed by atoms with Gasteiger partial charge in [-0.2, -0.15) is 13.2 Å². The fourth-order valence-electron chi connectivity index (χ4n) is 1.27. The molecule has 0 atom stereocenters. The summed E-state index contributed by atoms with van der Waals surface area (Å²) in [6.45, 7) is -0.864. The Morgan fingerprint density at radius 2 is 1.80 bits per heavy atom. The predicted octanol–water partition coefficient (Wildman–Crippen LogP) is 3.44. The Balaban J connectivity index is 3.28. The van der Waals surface area contributed by atoms with Gasteiger partial charge in [-0.05, 0) is 6.07 Å². The number of alkyl halides is 3. The van der Waals surface area contributed by atoms with Crippen LogP contribution in [0.4, 0.5) is 23.2 Å². The molecule has 1 aromatic rings. The first kappa shape index (κ1) is 20.2. The van der Waals surface area contributed by atoms with E-state index in [2.05, 4.69) is 10.2 Å². The van der Waals surface area contributed by atoms with Gasteiger partial charge in [0.05, 0.1) is 5.02 Å². The van der Waals surface area contributed by atoms with Gasteiger partial charge in [-0.15, -0.1) is 10.2 Å². The van der Waals surface area contributed by atoms with Crippen molar-refractivity contribution in [1.82, 2.24) is 0 Å². The number of hydrogen-bond donors (Lipinski definition) is 3. The number of benzene rings is 1. The largest absolute Gasteiger partial charge is 0.502 e. The Hall–Kier alpha value is -2.89. The van der Waals surface area contributed by atoms with Crippen LogP contribution in [0.25, 0.3) is 0 Å². The number of aliphatic hydroxyl groups is 1. The summed E-state index contributed by atoms with van der Waals surface area (Å²) in [4.78, 5) is 21.1. The molecule has 0 spiro atoms. The molecule has 25 heavy (non-hydrogen) atoms. The number of halogens is 5. The lowest BCUT2D eigenvalue weighted by molar-refractivity contribution is -0.139. The number of carbonyl (C=O) groups is 2. The van der Waals surface area contributed by atoms with Crippen molar-refractivity contribution in [1.29, 1.82) is 0 Å². The second kappa shape index (κ2) is 7.79. The summed E-state index contributed by atoms with van der Waals surface area (Å²) in [6, 6.07) is 1.29. The molecule has 1 aromatic carbocycles. The van der Waals surface area contributed by atoms with Crippen LogP contribution in [0.3, 0.4) is 0 Å². The molecular formula is C12H7ClF4N2O6. The van der Waals surface area contributed by atoms with Gasteiger partial charge in [0.15, 0.2) is 12.4 Å². The lowest BCUT2D eigenvalue weighted by atomic mass is 10.3. The summed E-state index contributed by atoms with van der Waals surface area (Å²) in [6.07, 6.45) is -5.42. The third kappa shape index (κ3) is 5.60.